The van der Waals surface area contributed by atoms with E-state index in [0.29, 0.717) is 24.1 Å². The van der Waals surface area contributed by atoms with Crippen molar-refractivity contribution in [2.24, 2.45) is 11.8 Å². The van der Waals surface area contributed by atoms with Crippen LogP contribution in [0.4, 0.5) is 0 Å². The first-order valence-electron chi connectivity index (χ1n) is 6.81. The first-order valence-corrected chi connectivity index (χ1v) is 8.30. The second kappa shape index (κ2) is 8.22. The van der Waals surface area contributed by atoms with Crippen molar-refractivity contribution >= 4 is 10.8 Å². The summed E-state index contributed by atoms with van der Waals surface area (Å²) in [6, 6.07) is 0. The van der Waals surface area contributed by atoms with Crippen molar-refractivity contribution in [3.63, 3.8) is 0 Å². The molecule has 1 aliphatic carbocycles. The summed E-state index contributed by atoms with van der Waals surface area (Å²) in [7, 11) is -0.844. The minimum absolute atomic E-state index is 0.432. The molecule has 0 aromatic rings. The standard InChI is InChI=1S/C13H27NO2S/c1-11(2)7-14-8-13(15)10-17(16)9-12-5-3-4-6-12/h11-15H,3-10H2,1-2H3. The highest BCUT2D eigenvalue weighted by Crippen LogP contribution is 2.25. The molecular formula is C13H27NO2S. The fourth-order valence-corrected chi connectivity index (χ4v) is 3.86. The van der Waals surface area contributed by atoms with Crippen molar-refractivity contribution in [1.82, 2.24) is 5.32 Å². The van der Waals surface area contributed by atoms with E-state index in [-0.39, 0.29) is 0 Å². The SMILES string of the molecule is CC(C)CNCC(O)CS(=O)CC1CCCC1. The number of hydrogen-bond donors (Lipinski definition) is 2. The predicted molar refractivity (Wildman–Crippen MR) is 73.5 cm³/mol. The molecule has 102 valence electrons. The zero-order chi connectivity index (χ0) is 12.7. The molecule has 4 heteroatoms. The minimum Gasteiger partial charge on any atom is -0.391 e. The second-order valence-electron chi connectivity index (χ2n) is 5.63. The van der Waals surface area contributed by atoms with Crippen LogP contribution in [-0.4, -0.2) is 40.0 Å². The maximum absolute atomic E-state index is 11.8. The van der Waals surface area contributed by atoms with Crippen LogP contribution >= 0.6 is 0 Å². The zero-order valence-corrected chi connectivity index (χ0v) is 12.0. The number of aliphatic hydroxyl groups is 1. The Balaban J connectivity index is 2.07. The van der Waals surface area contributed by atoms with Gasteiger partial charge in [-0.25, -0.2) is 0 Å². The first-order chi connectivity index (χ1) is 8.08. The Morgan fingerprint density at radius 3 is 2.53 bits per heavy atom. The summed E-state index contributed by atoms with van der Waals surface area (Å²) in [5, 5.41) is 12.9. The Kier molecular flexibility index (Phi) is 7.32. The van der Waals surface area contributed by atoms with Gasteiger partial charge < -0.3 is 10.4 Å². The van der Waals surface area contributed by atoms with E-state index in [1.54, 1.807) is 0 Å². The molecule has 0 spiro atoms. The summed E-state index contributed by atoms with van der Waals surface area (Å²) in [5.74, 6) is 2.46. The van der Waals surface area contributed by atoms with Gasteiger partial charge in [0.25, 0.3) is 0 Å². The third-order valence-electron chi connectivity index (χ3n) is 3.21. The fraction of sp³-hybridized carbons (Fsp3) is 1.00. The summed E-state index contributed by atoms with van der Waals surface area (Å²) in [5.41, 5.74) is 0. The molecule has 0 aromatic carbocycles. The van der Waals surface area contributed by atoms with Crippen LogP contribution in [-0.2, 0) is 10.8 Å². The summed E-state index contributed by atoms with van der Waals surface area (Å²) >= 11 is 0. The molecule has 0 aliphatic heterocycles. The van der Waals surface area contributed by atoms with Gasteiger partial charge in [0.2, 0.25) is 0 Å². The smallest absolute Gasteiger partial charge is 0.0779 e. The van der Waals surface area contributed by atoms with Crippen LogP contribution in [0.15, 0.2) is 0 Å². The van der Waals surface area contributed by atoms with Crippen LogP contribution < -0.4 is 5.32 Å². The Hall–Kier alpha value is 0.0700. The number of nitrogens with one attached hydrogen (secondary N) is 1. The van der Waals surface area contributed by atoms with Gasteiger partial charge in [-0.05, 0) is 31.2 Å². The van der Waals surface area contributed by atoms with Gasteiger partial charge in [-0.2, -0.15) is 0 Å². The van der Waals surface area contributed by atoms with Crippen molar-refractivity contribution in [2.75, 3.05) is 24.6 Å². The summed E-state index contributed by atoms with van der Waals surface area (Å²) in [4.78, 5) is 0. The lowest BCUT2D eigenvalue weighted by atomic mass is 10.1. The normalized spacial score (nSPS) is 20.9. The highest BCUT2D eigenvalue weighted by Gasteiger charge is 2.19. The van der Waals surface area contributed by atoms with Gasteiger partial charge >= 0.3 is 0 Å². The zero-order valence-electron chi connectivity index (χ0n) is 11.2. The second-order valence-corrected chi connectivity index (χ2v) is 7.18. The molecule has 2 atom stereocenters. The van der Waals surface area contributed by atoms with E-state index in [4.69, 9.17) is 0 Å². The molecule has 17 heavy (non-hydrogen) atoms. The Bertz CT molecular complexity index is 227. The largest absolute Gasteiger partial charge is 0.391 e. The molecule has 0 bridgehead atoms. The maximum Gasteiger partial charge on any atom is 0.0779 e. The number of rotatable bonds is 8. The average Bonchev–Trinajstić information content (AvgIpc) is 2.69. The molecule has 2 N–H and O–H groups in total. The number of hydrogen-bond acceptors (Lipinski definition) is 3. The van der Waals surface area contributed by atoms with E-state index >= 15 is 0 Å². The van der Waals surface area contributed by atoms with E-state index in [2.05, 4.69) is 19.2 Å². The molecule has 1 rings (SSSR count). The summed E-state index contributed by atoms with van der Waals surface area (Å²) in [6.07, 6.45) is 4.58. The van der Waals surface area contributed by atoms with Crippen LogP contribution in [0.2, 0.25) is 0 Å². The molecular weight excluding hydrogens is 234 g/mol. The molecule has 0 aromatic heterocycles. The lowest BCUT2D eigenvalue weighted by Crippen LogP contribution is -2.33. The Morgan fingerprint density at radius 1 is 1.29 bits per heavy atom. The van der Waals surface area contributed by atoms with Crippen LogP contribution in [0.3, 0.4) is 0 Å². The topological polar surface area (TPSA) is 49.3 Å². The molecule has 1 fully saturated rings. The van der Waals surface area contributed by atoms with Crippen LogP contribution in [0, 0.1) is 11.8 Å². The van der Waals surface area contributed by atoms with Gasteiger partial charge in [0.15, 0.2) is 0 Å². The minimum atomic E-state index is -0.844. The van der Waals surface area contributed by atoms with Gasteiger partial charge in [0.05, 0.1) is 11.9 Å². The van der Waals surface area contributed by atoms with E-state index in [9.17, 15) is 9.32 Å². The van der Waals surface area contributed by atoms with Crippen molar-refractivity contribution in [2.45, 2.75) is 45.6 Å². The van der Waals surface area contributed by atoms with E-state index in [0.717, 1.165) is 12.3 Å². The molecule has 0 heterocycles. The molecule has 2 unspecified atom stereocenters. The van der Waals surface area contributed by atoms with Crippen LogP contribution in [0.1, 0.15) is 39.5 Å². The number of aliphatic hydroxyl groups excluding tert-OH is 1. The van der Waals surface area contributed by atoms with E-state index in [1.165, 1.54) is 25.7 Å². The molecule has 0 amide bonds. The lowest BCUT2D eigenvalue weighted by molar-refractivity contribution is 0.193. The van der Waals surface area contributed by atoms with E-state index in [1.807, 2.05) is 0 Å². The maximum atomic E-state index is 11.8. The summed E-state index contributed by atoms with van der Waals surface area (Å²) < 4.78 is 11.8. The monoisotopic (exact) mass is 261 g/mol. The third-order valence-corrected chi connectivity index (χ3v) is 4.81. The molecule has 1 saturated carbocycles. The fourth-order valence-electron chi connectivity index (χ4n) is 2.32. The molecule has 0 saturated heterocycles. The Labute approximate surface area is 108 Å². The average molecular weight is 261 g/mol. The lowest BCUT2D eigenvalue weighted by Gasteiger charge is -2.14. The molecule has 3 nitrogen and oxygen atoms in total. The molecule has 0 radical (unpaired) electrons. The van der Waals surface area contributed by atoms with Crippen molar-refractivity contribution in [1.29, 1.82) is 0 Å². The highest BCUT2D eigenvalue weighted by molar-refractivity contribution is 7.85. The van der Waals surface area contributed by atoms with Gasteiger partial charge in [-0.1, -0.05) is 26.7 Å². The van der Waals surface area contributed by atoms with Gasteiger partial charge in [-0.15, -0.1) is 0 Å². The van der Waals surface area contributed by atoms with E-state index < -0.39 is 16.9 Å². The first kappa shape index (κ1) is 15.1. The van der Waals surface area contributed by atoms with Crippen molar-refractivity contribution in [3.05, 3.63) is 0 Å². The van der Waals surface area contributed by atoms with Crippen LogP contribution in [0.5, 0.6) is 0 Å². The third kappa shape index (κ3) is 7.17. The van der Waals surface area contributed by atoms with Gasteiger partial charge in [0.1, 0.15) is 0 Å². The Morgan fingerprint density at radius 2 is 1.94 bits per heavy atom. The predicted octanol–water partition coefficient (Wildman–Crippen LogP) is 1.53. The van der Waals surface area contributed by atoms with Crippen LogP contribution in [0.25, 0.3) is 0 Å². The van der Waals surface area contributed by atoms with Crippen molar-refractivity contribution < 1.29 is 9.32 Å². The quantitative estimate of drug-likeness (QED) is 0.697. The van der Waals surface area contributed by atoms with Gasteiger partial charge in [-0.3, -0.25) is 4.21 Å². The highest BCUT2D eigenvalue weighted by atomic mass is 32.2. The van der Waals surface area contributed by atoms with Gasteiger partial charge in [0, 0.05) is 23.1 Å². The summed E-state index contributed by atoms with van der Waals surface area (Å²) in [6.45, 7) is 5.75. The van der Waals surface area contributed by atoms with Crippen molar-refractivity contribution in [3.8, 4) is 0 Å². The molecule has 1 aliphatic rings.